The zero-order chi connectivity index (χ0) is 31.0. The van der Waals surface area contributed by atoms with Crippen LogP contribution in [0.3, 0.4) is 0 Å². The summed E-state index contributed by atoms with van der Waals surface area (Å²) in [5.41, 5.74) is 12.7. The lowest BCUT2D eigenvalue weighted by Gasteiger charge is -2.11. The van der Waals surface area contributed by atoms with Crippen LogP contribution in [0.2, 0.25) is 0 Å². The van der Waals surface area contributed by atoms with E-state index < -0.39 is 0 Å². The smallest absolute Gasteiger partial charge is 0.160 e. The van der Waals surface area contributed by atoms with Crippen LogP contribution in [-0.2, 0) is 0 Å². The van der Waals surface area contributed by atoms with E-state index in [2.05, 4.69) is 103 Å². The Balaban J connectivity index is 1.16. The summed E-state index contributed by atoms with van der Waals surface area (Å²) in [6.07, 6.45) is 1.79. The predicted molar refractivity (Wildman–Crippen MR) is 187 cm³/mol. The lowest BCUT2D eigenvalue weighted by molar-refractivity contribution is 1.16. The highest BCUT2D eigenvalue weighted by Crippen LogP contribution is 2.32. The first-order chi connectivity index (χ1) is 22.6. The molecule has 5 heteroatoms. The van der Waals surface area contributed by atoms with E-state index in [0.717, 1.165) is 78.1 Å². The Bertz CT molecular complexity index is 2310. The van der Waals surface area contributed by atoms with E-state index in [4.69, 9.17) is 19.9 Å². The number of aryl methyl sites for hydroxylation is 2. The highest BCUT2D eigenvalue weighted by Gasteiger charge is 2.13. The number of hydrogen-bond acceptors (Lipinski definition) is 5. The minimum Gasteiger partial charge on any atom is -0.255 e. The van der Waals surface area contributed by atoms with Crippen molar-refractivity contribution in [2.45, 2.75) is 13.8 Å². The van der Waals surface area contributed by atoms with Crippen molar-refractivity contribution in [3.05, 3.63) is 151 Å². The van der Waals surface area contributed by atoms with Gasteiger partial charge >= 0.3 is 0 Å². The summed E-state index contributed by atoms with van der Waals surface area (Å²) in [5.74, 6) is 0.659. The number of benzene rings is 4. The molecule has 0 aliphatic heterocycles. The van der Waals surface area contributed by atoms with Gasteiger partial charge in [-0.15, -0.1) is 0 Å². The molecule has 4 aromatic heterocycles. The van der Waals surface area contributed by atoms with Crippen molar-refractivity contribution in [2.75, 3.05) is 0 Å². The SMILES string of the molecule is Cc1cc(C)c2ccc3ccc(-c4ccc(-c5cccc(-c6nc(-c7ccccc7)cc(-c7ccccn7)n6)c5)cc4)nc3c2n1. The molecular formula is C41H29N5. The summed E-state index contributed by atoms with van der Waals surface area (Å²) in [5, 5.41) is 2.23. The summed E-state index contributed by atoms with van der Waals surface area (Å²) >= 11 is 0. The van der Waals surface area contributed by atoms with Gasteiger partial charge in [0.2, 0.25) is 0 Å². The highest BCUT2D eigenvalue weighted by molar-refractivity contribution is 6.04. The number of rotatable bonds is 5. The number of hydrogen-bond donors (Lipinski definition) is 0. The highest BCUT2D eigenvalue weighted by atomic mass is 14.9. The van der Waals surface area contributed by atoms with Gasteiger partial charge in [0.05, 0.1) is 33.8 Å². The fraction of sp³-hybridized carbons (Fsp3) is 0.0488. The Morgan fingerprint density at radius 2 is 1.13 bits per heavy atom. The normalized spacial score (nSPS) is 11.3. The fourth-order valence-corrected chi connectivity index (χ4v) is 6.02. The van der Waals surface area contributed by atoms with Gasteiger partial charge in [-0.05, 0) is 66.9 Å². The summed E-state index contributed by atoms with van der Waals surface area (Å²) in [6, 6.07) is 45.6. The molecule has 0 radical (unpaired) electrons. The Hall–Kier alpha value is -6.07. The average Bonchev–Trinajstić information content (AvgIpc) is 3.12. The Morgan fingerprint density at radius 1 is 0.413 bits per heavy atom. The van der Waals surface area contributed by atoms with E-state index in [1.54, 1.807) is 6.20 Å². The second kappa shape index (κ2) is 11.5. The topological polar surface area (TPSA) is 64.5 Å². The van der Waals surface area contributed by atoms with E-state index in [0.29, 0.717) is 5.82 Å². The molecule has 0 aliphatic rings. The standard InChI is InChI=1S/C41H29N5/c1-26-23-27(2)43-40-34(26)20-18-31-19-21-35(44-39(31)40)30-16-14-28(15-17-30)32-11-8-12-33(24-32)41-45-37(29-9-4-3-5-10-29)25-38(46-41)36-13-6-7-22-42-36/h3-25H,1-2H3. The molecule has 0 unspecified atom stereocenters. The summed E-state index contributed by atoms with van der Waals surface area (Å²) in [4.78, 5) is 24.5. The fourth-order valence-electron chi connectivity index (χ4n) is 6.02. The Labute approximate surface area is 267 Å². The van der Waals surface area contributed by atoms with Crippen LogP contribution >= 0.6 is 0 Å². The van der Waals surface area contributed by atoms with Crippen molar-refractivity contribution >= 4 is 21.8 Å². The van der Waals surface area contributed by atoms with Gasteiger partial charge in [-0.1, -0.05) is 97.1 Å². The molecule has 0 spiro atoms. The second-order valence-electron chi connectivity index (χ2n) is 11.5. The lowest BCUT2D eigenvalue weighted by Crippen LogP contribution is -1.97. The monoisotopic (exact) mass is 591 g/mol. The van der Waals surface area contributed by atoms with Gasteiger partial charge < -0.3 is 0 Å². The van der Waals surface area contributed by atoms with Gasteiger partial charge in [-0.3, -0.25) is 9.97 Å². The molecular weight excluding hydrogens is 562 g/mol. The molecule has 4 heterocycles. The first kappa shape index (κ1) is 27.5. The largest absolute Gasteiger partial charge is 0.255 e. The van der Waals surface area contributed by atoms with E-state index in [9.17, 15) is 0 Å². The van der Waals surface area contributed by atoms with E-state index >= 15 is 0 Å². The van der Waals surface area contributed by atoms with Crippen LogP contribution in [0.15, 0.2) is 140 Å². The minimum atomic E-state index is 0.659. The Kier molecular flexibility index (Phi) is 6.84. The van der Waals surface area contributed by atoms with Crippen LogP contribution in [-0.4, -0.2) is 24.9 Å². The van der Waals surface area contributed by atoms with Gasteiger partial charge in [-0.25, -0.2) is 15.0 Å². The van der Waals surface area contributed by atoms with Crippen molar-refractivity contribution < 1.29 is 0 Å². The van der Waals surface area contributed by atoms with Crippen molar-refractivity contribution in [1.29, 1.82) is 0 Å². The number of nitrogens with zero attached hydrogens (tertiary/aromatic N) is 5. The third-order valence-electron chi connectivity index (χ3n) is 8.33. The van der Waals surface area contributed by atoms with E-state index in [1.165, 1.54) is 5.56 Å². The van der Waals surface area contributed by atoms with Gasteiger partial charge in [-0.2, -0.15) is 0 Å². The van der Waals surface area contributed by atoms with Crippen molar-refractivity contribution in [2.24, 2.45) is 0 Å². The molecule has 0 bridgehead atoms. The molecule has 0 amide bonds. The first-order valence-electron chi connectivity index (χ1n) is 15.3. The molecule has 0 saturated heterocycles. The number of aromatic nitrogens is 5. The molecule has 0 fully saturated rings. The summed E-state index contributed by atoms with van der Waals surface area (Å²) < 4.78 is 0. The van der Waals surface area contributed by atoms with Crippen LogP contribution in [0.1, 0.15) is 11.3 Å². The molecule has 0 N–H and O–H groups in total. The van der Waals surface area contributed by atoms with E-state index in [-0.39, 0.29) is 0 Å². The lowest BCUT2D eigenvalue weighted by atomic mass is 10.00. The zero-order valence-electron chi connectivity index (χ0n) is 25.5. The van der Waals surface area contributed by atoms with Crippen LogP contribution in [0.4, 0.5) is 0 Å². The van der Waals surface area contributed by atoms with Crippen LogP contribution < -0.4 is 0 Å². The summed E-state index contributed by atoms with van der Waals surface area (Å²) in [7, 11) is 0. The molecule has 0 saturated carbocycles. The predicted octanol–water partition coefficient (Wildman–Crippen LogP) is 9.92. The average molecular weight is 592 g/mol. The van der Waals surface area contributed by atoms with Crippen molar-refractivity contribution in [3.8, 4) is 56.4 Å². The molecule has 8 rings (SSSR count). The van der Waals surface area contributed by atoms with Gasteiger partial charge in [0.15, 0.2) is 5.82 Å². The van der Waals surface area contributed by atoms with Crippen LogP contribution in [0.25, 0.3) is 78.2 Å². The first-order valence-corrected chi connectivity index (χ1v) is 15.3. The van der Waals surface area contributed by atoms with Crippen LogP contribution in [0, 0.1) is 13.8 Å². The molecule has 0 atom stereocenters. The molecule has 218 valence electrons. The van der Waals surface area contributed by atoms with Gasteiger partial charge in [0.25, 0.3) is 0 Å². The number of fused-ring (bicyclic) bond motifs is 3. The third kappa shape index (κ3) is 5.18. The maximum atomic E-state index is 5.09. The molecule has 5 nitrogen and oxygen atoms in total. The molecule has 46 heavy (non-hydrogen) atoms. The molecule has 8 aromatic rings. The minimum absolute atomic E-state index is 0.659. The van der Waals surface area contributed by atoms with Gasteiger partial charge in [0, 0.05) is 39.4 Å². The maximum Gasteiger partial charge on any atom is 0.160 e. The molecule has 4 aromatic carbocycles. The maximum absolute atomic E-state index is 5.09. The van der Waals surface area contributed by atoms with Crippen molar-refractivity contribution in [3.63, 3.8) is 0 Å². The quantitative estimate of drug-likeness (QED) is 0.186. The van der Waals surface area contributed by atoms with Gasteiger partial charge in [0.1, 0.15) is 0 Å². The molecule has 0 aliphatic carbocycles. The summed E-state index contributed by atoms with van der Waals surface area (Å²) in [6.45, 7) is 4.17. The third-order valence-corrected chi connectivity index (χ3v) is 8.33. The Morgan fingerprint density at radius 3 is 1.96 bits per heavy atom. The zero-order valence-corrected chi connectivity index (χ0v) is 25.5. The van der Waals surface area contributed by atoms with E-state index in [1.807, 2.05) is 49.4 Å². The number of pyridine rings is 3. The second-order valence-corrected chi connectivity index (χ2v) is 11.5. The van der Waals surface area contributed by atoms with Crippen molar-refractivity contribution in [1.82, 2.24) is 24.9 Å². The van der Waals surface area contributed by atoms with Crippen LogP contribution in [0.5, 0.6) is 0 Å².